The van der Waals surface area contributed by atoms with Crippen molar-refractivity contribution >= 4 is 38.5 Å². The predicted molar refractivity (Wildman–Crippen MR) is 84.5 cm³/mol. The van der Waals surface area contributed by atoms with Gasteiger partial charge in [-0.05, 0) is 51.8 Å². The molecule has 6 heteroatoms. The summed E-state index contributed by atoms with van der Waals surface area (Å²) in [5.41, 5.74) is 4.05. The van der Waals surface area contributed by atoms with E-state index in [2.05, 4.69) is 21.4 Å². The molecule has 0 amide bonds. The zero-order valence-corrected chi connectivity index (χ0v) is 13.1. The summed E-state index contributed by atoms with van der Waals surface area (Å²) in [6.07, 6.45) is 0. The van der Waals surface area contributed by atoms with E-state index in [0.29, 0.717) is 21.8 Å². The molecule has 3 nitrogen and oxygen atoms in total. The molecule has 1 unspecified atom stereocenters. The van der Waals surface area contributed by atoms with Crippen LogP contribution < -0.4 is 11.3 Å². The molecule has 0 fully saturated rings. The topological polar surface area (TPSA) is 51.2 Å². The monoisotopic (exact) mass is 368 g/mol. The first-order valence-electron chi connectivity index (χ1n) is 6.19. The molecule has 3 rings (SSSR count). The zero-order chi connectivity index (χ0) is 15.0. The van der Waals surface area contributed by atoms with E-state index in [1.165, 1.54) is 12.1 Å². The Labute approximate surface area is 134 Å². The molecule has 108 valence electrons. The highest BCUT2D eigenvalue weighted by Gasteiger charge is 2.21. The molecule has 0 aliphatic heterocycles. The number of nitrogens with two attached hydrogens (primary N) is 1. The molecule has 0 aliphatic rings. The summed E-state index contributed by atoms with van der Waals surface area (Å²) < 4.78 is 19.8. The number of hydrogen-bond donors (Lipinski definition) is 2. The number of nitrogens with one attached hydrogen (secondary N) is 1. The van der Waals surface area contributed by atoms with E-state index in [-0.39, 0.29) is 5.82 Å². The van der Waals surface area contributed by atoms with Crippen LogP contribution >= 0.6 is 27.5 Å². The van der Waals surface area contributed by atoms with Gasteiger partial charge in [-0.15, -0.1) is 0 Å². The van der Waals surface area contributed by atoms with Crippen LogP contribution in [0.25, 0.3) is 11.0 Å². The third-order valence-electron chi connectivity index (χ3n) is 3.24. The molecule has 2 aromatic carbocycles. The van der Waals surface area contributed by atoms with E-state index in [1.807, 2.05) is 18.2 Å². The molecule has 0 radical (unpaired) electrons. The SMILES string of the molecule is NNC(c1cc2cc(F)ccc2o1)c1cccc(Br)c1Cl. The molecule has 3 aromatic rings. The fourth-order valence-electron chi connectivity index (χ4n) is 2.25. The van der Waals surface area contributed by atoms with E-state index in [1.54, 1.807) is 12.1 Å². The largest absolute Gasteiger partial charge is 0.459 e. The van der Waals surface area contributed by atoms with Gasteiger partial charge in [0, 0.05) is 9.86 Å². The first-order chi connectivity index (χ1) is 10.1. The van der Waals surface area contributed by atoms with Gasteiger partial charge >= 0.3 is 0 Å². The van der Waals surface area contributed by atoms with Crippen molar-refractivity contribution in [2.75, 3.05) is 0 Å². The summed E-state index contributed by atoms with van der Waals surface area (Å²) in [5.74, 6) is 5.90. The summed E-state index contributed by atoms with van der Waals surface area (Å²) in [4.78, 5) is 0. The number of hydrogen-bond acceptors (Lipinski definition) is 3. The van der Waals surface area contributed by atoms with Crippen molar-refractivity contribution in [3.63, 3.8) is 0 Å². The Morgan fingerprint density at radius 2 is 2.05 bits per heavy atom. The van der Waals surface area contributed by atoms with Gasteiger partial charge in [-0.25, -0.2) is 9.82 Å². The molecule has 1 atom stereocenters. The van der Waals surface area contributed by atoms with Crippen LogP contribution in [0.1, 0.15) is 17.4 Å². The van der Waals surface area contributed by atoms with Gasteiger partial charge in [0.25, 0.3) is 0 Å². The van der Waals surface area contributed by atoms with Gasteiger partial charge in [0.2, 0.25) is 0 Å². The molecule has 3 N–H and O–H groups in total. The van der Waals surface area contributed by atoms with E-state index < -0.39 is 6.04 Å². The summed E-state index contributed by atoms with van der Waals surface area (Å²) in [5, 5.41) is 1.23. The van der Waals surface area contributed by atoms with E-state index in [4.69, 9.17) is 21.9 Å². The van der Waals surface area contributed by atoms with Crippen LogP contribution in [0.5, 0.6) is 0 Å². The van der Waals surface area contributed by atoms with Crippen molar-refractivity contribution in [3.05, 3.63) is 69.1 Å². The average Bonchev–Trinajstić information content (AvgIpc) is 2.87. The number of hydrazine groups is 1. The van der Waals surface area contributed by atoms with E-state index >= 15 is 0 Å². The minimum atomic E-state index is -0.425. The molecule has 1 heterocycles. The van der Waals surface area contributed by atoms with E-state index in [0.717, 1.165) is 10.0 Å². The second-order valence-electron chi connectivity index (χ2n) is 4.57. The van der Waals surface area contributed by atoms with Gasteiger partial charge in [0.05, 0.1) is 5.02 Å². The highest BCUT2D eigenvalue weighted by Crippen LogP contribution is 2.35. The summed E-state index contributed by atoms with van der Waals surface area (Å²) in [6, 6.07) is 11.2. The Kier molecular flexibility index (Phi) is 3.99. The van der Waals surface area contributed by atoms with Crippen molar-refractivity contribution in [3.8, 4) is 0 Å². The third-order valence-corrected chi connectivity index (χ3v) is 4.55. The lowest BCUT2D eigenvalue weighted by Gasteiger charge is -2.15. The number of furan rings is 1. The van der Waals surface area contributed by atoms with Gasteiger partial charge in [0.15, 0.2) is 0 Å². The average molecular weight is 370 g/mol. The van der Waals surface area contributed by atoms with Crippen molar-refractivity contribution < 1.29 is 8.81 Å². The zero-order valence-electron chi connectivity index (χ0n) is 10.7. The highest BCUT2D eigenvalue weighted by molar-refractivity contribution is 9.10. The van der Waals surface area contributed by atoms with Crippen LogP contribution in [0.4, 0.5) is 4.39 Å². The standard InChI is InChI=1S/C15H11BrClFN2O/c16-11-3-1-2-10(14(11)17)15(20-19)13-7-8-6-9(18)4-5-12(8)21-13/h1-7,15,20H,19H2. The Morgan fingerprint density at radius 1 is 1.24 bits per heavy atom. The summed E-state index contributed by atoms with van der Waals surface area (Å²) >= 11 is 9.68. The second kappa shape index (κ2) is 5.77. The predicted octanol–water partition coefficient (Wildman–Crippen LogP) is 4.54. The number of benzene rings is 2. The molecule has 0 spiro atoms. The fourth-order valence-corrected chi connectivity index (χ4v) is 2.86. The normalized spacial score (nSPS) is 12.8. The van der Waals surface area contributed by atoms with Gasteiger partial charge in [-0.1, -0.05) is 23.7 Å². The maximum absolute atomic E-state index is 13.3. The number of fused-ring (bicyclic) bond motifs is 1. The highest BCUT2D eigenvalue weighted by atomic mass is 79.9. The molecule has 0 saturated heterocycles. The minimum Gasteiger partial charge on any atom is -0.459 e. The third kappa shape index (κ3) is 2.70. The Morgan fingerprint density at radius 3 is 2.81 bits per heavy atom. The molecule has 1 aromatic heterocycles. The lowest BCUT2D eigenvalue weighted by atomic mass is 10.0. The van der Waals surface area contributed by atoms with Crippen LogP contribution in [-0.2, 0) is 0 Å². The minimum absolute atomic E-state index is 0.312. The van der Waals surface area contributed by atoms with Crippen molar-refractivity contribution in [2.45, 2.75) is 6.04 Å². The molecule has 21 heavy (non-hydrogen) atoms. The maximum atomic E-state index is 13.3. The van der Waals surface area contributed by atoms with Crippen LogP contribution in [0.3, 0.4) is 0 Å². The molecule has 0 bridgehead atoms. The van der Waals surface area contributed by atoms with Crippen LogP contribution in [0, 0.1) is 5.82 Å². The van der Waals surface area contributed by atoms with Gasteiger partial charge in [-0.3, -0.25) is 5.84 Å². The number of halogens is 3. The van der Waals surface area contributed by atoms with E-state index in [9.17, 15) is 4.39 Å². The van der Waals surface area contributed by atoms with Crippen molar-refractivity contribution in [1.82, 2.24) is 5.43 Å². The first-order valence-corrected chi connectivity index (χ1v) is 7.36. The first kappa shape index (κ1) is 14.5. The van der Waals surface area contributed by atoms with Crippen LogP contribution in [0.15, 0.2) is 51.4 Å². The Hall–Kier alpha value is -1.40. The van der Waals surface area contributed by atoms with Crippen molar-refractivity contribution in [1.29, 1.82) is 0 Å². The quantitative estimate of drug-likeness (QED) is 0.526. The fraction of sp³-hybridized carbons (Fsp3) is 0.0667. The molecule has 0 aliphatic carbocycles. The lowest BCUT2D eigenvalue weighted by Crippen LogP contribution is -2.28. The maximum Gasteiger partial charge on any atom is 0.134 e. The van der Waals surface area contributed by atoms with Gasteiger partial charge in [0.1, 0.15) is 23.2 Å². The second-order valence-corrected chi connectivity index (χ2v) is 5.81. The smallest absolute Gasteiger partial charge is 0.134 e. The molecular weight excluding hydrogens is 359 g/mol. The van der Waals surface area contributed by atoms with Gasteiger partial charge in [-0.2, -0.15) is 0 Å². The Balaban J connectivity index is 2.11. The molecular formula is C15H11BrClFN2O. The summed E-state index contributed by atoms with van der Waals surface area (Å²) in [6.45, 7) is 0. The Bertz CT molecular complexity index is 805. The molecule has 0 saturated carbocycles. The van der Waals surface area contributed by atoms with Crippen LogP contribution in [-0.4, -0.2) is 0 Å². The summed E-state index contributed by atoms with van der Waals surface area (Å²) in [7, 11) is 0. The van der Waals surface area contributed by atoms with Crippen LogP contribution in [0.2, 0.25) is 5.02 Å². The number of rotatable bonds is 3. The van der Waals surface area contributed by atoms with Crippen molar-refractivity contribution in [2.24, 2.45) is 5.84 Å². The lowest BCUT2D eigenvalue weighted by molar-refractivity contribution is 0.477. The van der Waals surface area contributed by atoms with Gasteiger partial charge < -0.3 is 4.42 Å².